The first-order valence-electron chi connectivity index (χ1n) is 6.00. The molecule has 0 saturated heterocycles. The highest BCUT2D eigenvalue weighted by molar-refractivity contribution is 9.10. The van der Waals surface area contributed by atoms with Gasteiger partial charge in [-0.15, -0.1) is 11.3 Å². The second kappa shape index (κ2) is 5.68. The molecule has 0 spiro atoms. The zero-order valence-corrected chi connectivity index (χ0v) is 13.8. The van der Waals surface area contributed by atoms with Crippen molar-refractivity contribution in [2.45, 2.75) is 6.54 Å². The minimum Gasteiger partial charge on any atom is -0.355 e. The number of fused-ring (bicyclic) bond motifs is 1. The van der Waals surface area contributed by atoms with E-state index in [0.29, 0.717) is 0 Å². The van der Waals surface area contributed by atoms with Gasteiger partial charge in [0, 0.05) is 18.1 Å². The molecule has 2 heterocycles. The van der Waals surface area contributed by atoms with Crippen LogP contribution in [0.25, 0.3) is 10.2 Å². The molecular weight excluding hydrogens is 358 g/mol. The summed E-state index contributed by atoms with van der Waals surface area (Å²) in [6.45, 7) is 0.750. The number of hydrogen-bond acceptors (Lipinski definition) is 4. The molecule has 0 atom stereocenters. The Hall–Kier alpha value is -1.17. The average molecular weight is 369 g/mol. The molecule has 3 rings (SSSR count). The van der Waals surface area contributed by atoms with Gasteiger partial charge in [-0.05, 0) is 34.7 Å². The first kappa shape index (κ1) is 13.8. The lowest BCUT2D eigenvalue weighted by Crippen LogP contribution is -2.18. The highest BCUT2D eigenvalue weighted by Gasteiger charge is 2.13. The third kappa shape index (κ3) is 2.66. The van der Waals surface area contributed by atoms with Crippen molar-refractivity contribution in [2.75, 3.05) is 11.9 Å². The number of aromatic nitrogens is 2. The van der Waals surface area contributed by atoms with Crippen LogP contribution in [0.15, 0.2) is 40.2 Å². The van der Waals surface area contributed by atoms with E-state index in [1.165, 1.54) is 5.56 Å². The molecular formula is C14H11BrClN3S. The molecule has 0 fully saturated rings. The van der Waals surface area contributed by atoms with Crippen molar-refractivity contribution >= 4 is 54.9 Å². The second-order valence-electron chi connectivity index (χ2n) is 4.40. The van der Waals surface area contributed by atoms with Gasteiger partial charge in [0.25, 0.3) is 0 Å². The van der Waals surface area contributed by atoms with Crippen LogP contribution in [0.5, 0.6) is 0 Å². The first-order chi connectivity index (χ1) is 9.65. The fourth-order valence-electron chi connectivity index (χ4n) is 2.06. The van der Waals surface area contributed by atoms with Crippen molar-refractivity contribution in [3.8, 4) is 0 Å². The standard InChI is InChI=1S/C14H11BrClN3S/c1-19(8-9-4-2-3-5-11(9)15)12-10-6-7-20-13(10)18-14(16)17-12/h2-7H,8H2,1H3. The minimum absolute atomic E-state index is 0.286. The molecule has 1 aromatic carbocycles. The van der Waals surface area contributed by atoms with Gasteiger partial charge in [-0.3, -0.25) is 0 Å². The molecule has 6 heteroatoms. The Labute approximate surface area is 134 Å². The summed E-state index contributed by atoms with van der Waals surface area (Å²) in [4.78, 5) is 11.6. The normalized spacial score (nSPS) is 10.9. The molecule has 0 saturated carbocycles. The maximum absolute atomic E-state index is 6.01. The number of rotatable bonds is 3. The quantitative estimate of drug-likeness (QED) is 0.625. The van der Waals surface area contributed by atoms with Crippen LogP contribution in [0, 0.1) is 0 Å². The van der Waals surface area contributed by atoms with E-state index in [1.54, 1.807) is 11.3 Å². The Morgan fingerprint density at radius 1 is 1.25 bits per heavy atom. The molecule has 0 bridgehead atoms. The predicted octanol–water partition coefficient (Wildman–Crippen LogP) is 4.74. The Bertz CT molecular complexity index is 759. The molecule has 0 aliphatic rings. The van der Waals surface area contributed by atoms with Crippen molar-refractivity contribution < 1.29 is 0 Å². The van der Waals surface area contributed by atoms with Crippen LogP contribution in [0.4, 0.5) is 5.82 Å². The number of halogens is 2. The monoisotopic (exact) mass is 367 g/mol. The van der Waals surface area contributed by atoms with E-state index in [0.717, 1.165) is 27.1 Å². The zero-order chi connectivity index (χ0) is 14.1. The van der Waals surface area contributed by atoms with Gasteiger partial charge in [-0.2, -0.15) is 4.98 Å². The fraction of sp³-hybridized carbons (Fsp3) is 0.143. The number of hydrogen-bond donors (Lipinski definition) is 0. The molecule has 102 valence electrons. The topological polar surface area (TPSA) is 29.0 Å². The number of nitrogens with zero attached hydrogens (tertiary/aromatic N) is 3. The Kier molecular flexibility index (Phi) is 3.92. The summed E-state index contributed by atoms with van der Waals surface area (Å²) in [6.07, 6.45) is 0. The molecule has 0 unspecified atom stereocenters. The molecule has 0 amide bonds. The molecule has 2 aromatic heterocycles. The van der Waals surface area contributed by atoms with Gasteiger partial charge in [-0.1, -0.05) is 34.1 Å². The van der Waals surface area contributed by atoms with Crippen LogP contribution in [-0.4, -0.2) is 17.0 Å². The van der Waals surface area contributed by atoms with Gasteiger partial charge in [0.2, 0.25) is 5.28 Å². The Morgan fingerprint density at radius 3 is 2.85 bits per heavy atom. The third-order valence-corrected chi connectivity index (χ3v) is 4.75. The van der Waals surface area contributed by atoms with Crippen LogP contribution in [0.3, 0.4) is 0 Å². The molecule has 20 heavy (non-hydrogen) atoms. The van der Waals surface area contributed by atoms with E-state index < -0.39 is 0 Å². The van der Waals surface area contributed by atoms with E-state index in [9.17, 15) is 0 Å². The second-order valence-corrected chi connectivity index (χ2v) is 6.49. The highest BCUT2D eigenvalue weighted by Crippen LogP contribution is 2.29. The third-order valence-electron chi connectivity index (χ3n) is 3.00. The summed E-state index contributed by atoms with van der Waals surface area (Å²) >= 11 is 11.1. The summed E-state index contributed by atoms with van der Waals surface area (Å²) < 4.78 is 1.09. The molecule has 0 aliphatic heterocycles. The molecule has 3 aromatic rings. The van der Waals surface area contributed by atoms with Crippen molar-refractivity contribution in [3.05, 3.63) is 51.0 Å². The fourth-order valence-corrected chi connectivity index (χ4v) is 3.45. The minimum atomic E-state index is 0.286. The Balaban J connectivity index is 1.98. The van der Waals surface area contributed by atoms with Gasteiger partial charge in [0.05, 0.1) is 5.39 Å². The van der Waals surface area contributed by atoms with Gasteiger partial charge in [-0.25, -0.2) is 4.98 Å². The first-order valence-corrected chi connectivity index (χ1v) is 8.05. The number of benzene rings is 1. The van der Waals surface area contributed by atoms with E-state index in [2.05, 4.69) is 36.9 Å². The largest absolute Gasteiger partial charge is 0.355 e. The van der Waals surface area contributed by atoms with E-state index >= 15 is 0 Å². The van der Waals surface area contributed by atoms with E-state index in [-0.39, 0.29) is 5.28 Å². The lowest BCUT2D eigenvalue weighted by atomic mass is 10.2. The predicted molar refractivity (Wildman–Crippen MR) is 88.7 cm³/mol. The summed E-state index contributed by atoms with van der Waals surface area (Å²) in [5.41, 5.74) is 1.20. The lowest BCUT2D eigenvalue weighted by molar-refractivity contribution is 0.897. The van der Waals surface area contributed by atoms with Crippen molar-refractivity contribution in [1.29, 1.82) is 0 Å². The van der Waals surface area contributed by atoms with E-state index in [1.807, 2.05) is 36.7 Å². The highest BCUT2D eigenvalue weighted by atomic mass is 79.9. The summed E-state index contributed by atoms with van der Waals surface area (Å²) in [6, 6.07) is 10.2. The van der Waals surface area contributed by atoms with Gasteiger partial charge in [0.1, 0.15) is 10.6 Å². The maximum atomic E-state index is 6.01. The average Bonchev–Trinajstić information content (AvgIpc) is 2.88. The number of anilines is 1. The van der Waals surface area contributed by atoms with E-state index in [4.69, 9.17) is 11.6 Å². The van der Waals surface area contributed by atoms with Crippen LogP contribution in [-0.2, 0) is 6.54 Å². The van der Waals surface area contributed by atoms with Crippen LogP contribution < -0.4 is 4.90 Å². The molecule has 0 N–H and O–H groups in total. The summed E-state index contributed by atoms with van der Waals surface area (Å²) in [7, 11) is 2.01. The lowest BCUT2D eigenvalue weighted by Gasteiger charge is -2.19. The Morgan fingerprint density at radius 2 is 2.05 bits per heavy atom. The van der Waals surface area contributed by atoms with Crippen LogP contribution >= 0.6 is 38.9 Å². The van der Waals surface area contributed by atoms with Crippen LogP contribution in [0.2, 0.25) is 5.28 Å². The van der Waals surface area contributed by atoms with Gasteiger partial charge >= 0.3 is 0 Å². The molecule has 0 aliphatic carbocycles. The SMILES string of the molecule is CN(Cc1ccccc1Br)c1nc(Cl)nc2sccc12. The van der Waals surface area contributed by atoms with Crippen molar-refractivity contribution in [3.63, 3.8) is 0 Å². The maximum Gasteiger partial charge on any atom is 0.225 e. The zero-order valence-electron chi connectivity index (χ0n) is 10.7. The van der Waals surface area contributed by atoms with Crippen molar-refractivity contribution in [2.24, 2.45) is 0 Å². The summed E-state index contributed by atoms with van der Waals surface area (Å²) in [5.74, 6) is 0.858. The van der Waals surface area contributed by atoms with Crippen LogP contribution in [0.1, 0.15) is 5.56 Å². The number of thiophene rings is 1. The summed E-state index contributed by atoms with van der Waals surface area (Å²) in [5, 5.41) is 3.33. The smallest absolute Gasteiger partial charge is 0.225 e. The van der Waals surface area contributed by atoms with Gasteiger partial charge in [0.15, 0.2) is 0 Å². The van der Waals surface area contributed by atoms with Crippen molar-refractivity contribution in [1.82, 2.24) is 9.97 Å². The molecule has 0 radical (unpaired) electrons. The molecule has 3 nitrogen and oxygen atoms in total. The van der Waals surface area contributed by atoms with Gasteiger partial charge < -0.3 is 4.90 Å².